The van der Waals surface area contributed by atoms with Gasteiger partial charge in [0.15, 0.2) is 0 Å². The molecule has 36 heavy (non-hydrogen) atoms. The van der Waals surface area contributed by atoms with Crippen molar-refractivity contribution in [3.8, 4) is 5.69 Å². The van der Waals surface area contributed by atoms with E-state index >= 15 is 0 Å². The van der Waals surface area contributed by atoms with Gasteiger partial charge in [0.2, 0.25) is 0 Å². The lowest BCUT2D eigenvalue weighted by Gasteiger charge is -2.34. The smallest absolute Gasteiger partial charge is 0.417 e. The van der Waals surface area contributed by atoms with Gasteiger partial charge in [-0.25, -0.2) is 9.59 Å². The maximum Gasteiger partial charge on any atom is 0.417 e. The van der Waals surface area contributed by atoms with Crippen LogP contribution in [0.15, 0.2) is 30.6 Å². The van der Waals surface area contributed by atoms with Crippen LogP contribution in [0.5, 0.6) is 0 Å². The lowest BCUT2D eigenvalue weighted by Crippen LogP contribution is -2.50. The van der Waals surface area contributed by atoms with Crippen LogP contribution in [0.2, 0.25) is 5.02 Å². The number of piperidine rings is 1. The predicted octanol–water partition coefficient (Wildman–Crippen LogP) is 4.77. The molecule has 2 aromatic rings. The van der Waals surface area contributed by atoms with Crippen LogP contribution in [-0.2, 0) is 10.9 Å². The van der Waals surface area contributed by atoms with E-state index in [1.165, 1.54) is 27.9 Å². The van der Waals surface area contributed by atoms with Gasteiger partial charge in [0, 0.05) is 37.2 Å². The number of urea groups is 1. The molecule has 4 N–H and O–H groups in total. The molecule has 0 aliphatic carbocycles. The highest BCUT2D eigenvalue weighted by atomic mass is 35.5. The van der Waals surface area contributed by atoms with Gasteiger partial charge in [-0.2, -0.15) is 13.2 Å². The number of benzene rings is 1. The Morgan fingerprint density at radius 3 is 2.44 bits per heavy atom. The molecule has 3 rings (SSSR count). The summed E-state index contributed by atoms with van der Waals surface area (Å²) in [6, 6.07) is 1.79. The number of hydrogen-bond donors (Lipinski definition) is 3. The molecular formula is C23H27ClF3N5O4. The number of hydrogen-bond acceptors (Lipinski definition) is 4. The Hall–Kier alpha value is -3.41. The number of likely N-dealkylation sites (tertiary alicyclic amines) is 1. The van der Waals surface area contributed by atoms with E-state index in [0.29, 0.717) is 19.4 Å². The molecule has 1 fully saturated rings. The van der Waals surface area contributed by atoms with Gasteiger partial charge in [0.25, 0.3) is 5.91 Å². The highest BCUT2D eigenvalue weighted by Crippen LogP contribution is 2.36. The highest BCUT2D eigenvalue weighted by molar-refractivity contribution is 6.31. The summed E-state index contributed by atoms with van der Waals surface area (Å²) in [5.41, 5.74) is 3.87. The molecule has 1 aliphatic heterocycles. The van der Waals surface area contributed by atoms with Gasteiger partial charge in [-0.3, -0.25) is 4.79 Å². The number of carbonyl (C=O) groups excluding carboxylic acids is 3. The van der Waals surface area contributed by atoms with E-state index in [2.05, 4.69) is 10.6 Å². The Labute approximate surface area is 210 Å². The highest BCUT2D eigenvalue weighted by Gasteiger charge is 2.33. The number of primary amides is 1. The quantitative estimate of drug-likeness (QED) is 0.528. The Morgan fingerprint density at radius 2 is 1.86 bits per heavy atom. The number of ether oxygens (including phenoxy) is 1. The number of rotatable bonds is 4. The van der Waals surface area contributed by atoms with Crippen molar-refractivity contribution in [3.05, 3.63) is 46.7 Å². The number of halogens is 4. The maximum absolute atomic E-state index is 13.1. The zero-order chi connectivity index (χ0) is 26.8. The zero-order valence-electron chi connectivity index (χ0n) is 19.9. The van der Waals surface area contributed by atoms with E-state index in [9.17, 15) is 27.6 Å². The summed E-state index contributed by atoms with van der Waals surface area (Å²) in [7, 11) is 0. The molecule has 0 radical (unpaired) electrons. The Balaban J connectivity index is 1.81. The monoisotopic (exact) mass is 529 g/mol. The second-order valence-corrected chi connectivity index (χ2v) is 9.79. The number of nitrogens with zero attached hydrogens (tertiary/aromatic N) is 2. The number of aromatic nitrogens is 1. The Bertz CT molecular complexity index is 1160. The first kappa shape index (κ1) is 27.2. The predicted molar refractivity (Wildman–Crippen MR) is 127 cm³/mol. The minimum Gasteiger partial charge on any atom is -0.444 e. The van der Waals surface area contributed by atoms with Crippen LogP contribution >= 0.6 is 11.6 Å². The first-order chi connectivity index (χ1) is 16.6. The number of nitrogens with one attached hydrogen (secondary N) is 2. The van der Waals surface area contributed by atoms with Gasteiger partial charge in [-0.15, -0.1) is 0 Å². The summed E-state index contributed by atoms with van der Waals surface area (Å²) < 4.78 is 45.9. The van der Waals surface area contributed by atoms with Gasteiger partial charge in [-0.1, -0.05) is 11.6 Å². The van der Waals surface area contributed by atoms with E-state index in [0.717, 1.165) is 12.1 Å². The van der Waals surface area contributed by atoms with E-state index in [4.69, 9.17) is 22.1 Å². The number of nitrogens with two attached hydrogens (primary N) is 1. The third kappa shape index (κ3) is 6.84. The van der Waals surface area contributed by atoms with Crippen molar-refractivity contribution in [2.45, 2.75) is 51.4 Å². The summed E-state index contributed by atoms with van der Waals surface area (Å²) in [6.07, 6.45) is -1.17. The fourth-order valence-electron chi connectivity index (χ4n) is 3.76. The molecule has 0 bridgehead atoms. The second-order valence-electron chi connectivity index (χ2n) is 9.38. The van der Waals surface area contributed by atoms with Crippen LogP contribution < -0.4 is 16.4 Å². The lowest BCUT2D eigenvalue weighted by atomic mass is 10.1. The summed E-state index contributed by atoms with van der Waals surface area (Å²) in [5.74, 6) is -0.563. The van der Waals surface area contributed by atoms with E-state index in [-0.39, 0.29) is 29.5 Å². The molecule has 0 unspecified atom stereocenters. The third-order valence-corrected chi connectivity index (χ3v) is 5.61. The number of anilines is 1. The first-order valence-electron chi connectivity index (χ1n) is 11.1. The van der Waals surface area contributed by atoms with Crippen LogP contribution in [0.1, 0.15) is 49.5 Å². The van der Waals surface area contributed by atoms with Crippen LogP contribution in [0.3, 0.4) is 0 Å². The molecular weight excluding hydrogens is 503 g/mol. The van der Waals surface area contributed by atoms with Gasteiger partial charge in [-0.05, 0) is 51.8 Å². The standard InChI is InChI=1S/C23H27ClF3N5O4/c1-22(2,3)36-21(35)31-8-4-5-13(10-31)29-19(33)15-11-32(12-18(15)30-20(28)34)14-6-7-16(17(24)9-14)23(25,26)27/h6-7,9,11-13H,4-5,8,10H2,1-3H3,(H,29,33)(H3,28,30,34)/t13-/m0/s1. The summed E-state index contributed by atoms with van der Waals surface area (Å²) >= 11 is 5.82. The summed E-state index contributed by atoms with van der Waals surface area (Å²) in [6.45, 7) is 6.00. The van der Waals surface area contributed by atoms with Crippen molar-refractivity contribution in [1.82, 2.24) is 14.8 Å². The number of carbonyl (C=O) groups is 3. The van der Waals surface area contributed by atoms with Crippen LogP contribution in [0.25, 0.3) is 5.69 Å². The molecule has 1 saturated heterocycles. The first-order valence-corrected chi connectivity index (χ1v) is 11.5. The molecule has 2 heterocycles. The van der Waals surface area contributed by atoms with Crippen molar-refractivity contribution < 1.29 is 32.3 Å². The average Bonchev–Trinajstić information content (AvgIpc) is 3.15. The van der Waals surface area contributed by atoms with Crippen LogP contribution in [0.4, 0.5) is 28.4 Å². The topological polar surface area (TPSA) is 119 Å². The van der Waals surface area contributed by atoms with Crippen molar-refractivity contribution in [2.24, 2.45) is 5.73 Å². The van der Waals surface area contributed by atoms with Gasteiger partial charge >= 0.3 is 18.3 Å². The molecule has 196 valence electrons. The summed E-state index contributed by atoms with van der Waals surface area (Å²) in [4.78, 5) is 38.5. The fourth-order valence-corrected chi connectivity index (χ4v) is 4.04. The van der Waals surface area contributed by atoms with Gasteiger partial charge in [0.05, 0.1) is 21.8 Å². The van der Waals surface area contributed by atoms with E-state index in [1.54, 1.807) is 20.8 Å². The van der Waals surface area contributed by atoms with Crippen molar-refractivity contribution in [3.63, 3.8) is 0 Å². The molecule has 1 aliphatic rings. The van der Waals surface area contributed by atoms with Crippen molar-refractivity contribution in [1.29, 1.82) is 0 Å². The number of amides is 4. The Kier molecular flexibility index (Phi) is 7.77. The van der Waals surface area contributed by atoms with E-state index in [1.807, 2.05) is 0 Å². The molecule has 0 spiro atoms. The second kappa shape index (κ2) is 10.3. The van der Waals surface area contributed by atoms with E-state index < -0.39 is 40.4 Å². The van der Waals surface area contributed by atoms with Crippen molar-refractivity contribution >= 4 is 35.3 Å². The molecule has 0 saturated carbocycles. The van der Waals surface area contributed by atoms with Crippen LogP contribution in [-0.4, -0.2) is 52.2 Å². The minimum absolute atomic E-state index is 0.0270. The maximum atomic E-state index is 13.1. The lowest BCUT2D eigenvalue weighted by molar-refractivity contribution is -0.137. The van der Waals surface area contributed by atoms with Gasteiger partial charge < -0.3 is 30.6 Å². The fraction of sp³-hybridized carbons (Fsp3) is 0.435. The van der Waals surface area contributed by atoms with Gasteiger partial charge in [0.1, 0.15) is 5.60 Å². The molecule has 1 aromatic carbocycles. The molecule has 4 amide bonds. The normalized spacial score (nSPS) is 16.4. The molecule has 13 heteroatoms. The van der Waals surface area contributed by atoms with Crippen molar-refractivity contribution in [2.75, 3.05) is 18.4 Å². The Morgan fingerprint density at radius 1 is 1.17 bits per heavy atom. The molecule has 1 atom stereocenters. The zero-order valence-corrected chi connectivity index (χ0v) is 20.7. The number of alkyl halides is 3. The minimum atomic E-state index is -4.62. The largest absolute Gasteiger partial charge is 0.444 e. The molecule has 9 nitrogen and oxygen atoms in total. The third-order valence-electron chi connectivity index (χ3n) is 5.29. The average molecular weight is 530 g/mol. The SMILES string of the molecule is CC(C)(C)OC(=O)N1CCC[C@H](NC(=O)c2cn(-c3ccc(C(F)(F)F)c(Cl)c3)cc2NC(N)=O)C1. The summed E-state index contributed by atoms with van der Waals surface area (Å²) in [5, 5.41) is 4.66. The van der Waals surface area contributed by atoms with Crippen LogP contribution in [0, 0.1) is 0 Å². The molecule has 1 aromatic heterocycles.